The molecule has 2 saturated heterocycles. The lowest BCUT2D eigenvalue weighted by atomic mass is 10.1. The van der Waals surface area contributed by atoms with Crippen LogP contribution in [0.25, 0.3) is 0 Å². The molecule has 1 aromatic heterocycles. The fourth-order valence-electron chi connectivity index (χ4n) is 3.49. The van der Waals surface area contributed by atoms with Crippen molar-refractivity contribution in [2.24, 2.45) is 0 Å². The van der Waals surface area contributed by atoms with Crippen molar-refractivity contribution in [3.05, 3.63) is 24.5 Å². The SMILES string of the molecule is CCCN1CCN(S(=O)(=O)c2cccnc2)[C@H]2CS(=O)(=O)C[C@H]21. The number of aromatic nitrogens is 1. The highest BCUT2D eigenvalue weighted by atomic mass is 32.2. The summed E-state index contributed by atoms with van der Waals surface area (Å²) in [5.74, 6) is -0.0614. The third-order valence-electron chi connectivity index (χ3n) is 4.49. The van der Waals surface area contributed by atoms with E-state index < -0.39 is 25.9 Å². The summed E-state index contributed by atoms with van der Waals surface area (Å²) < 4.78 is 51.3. The first-order valence-corrected chi connectivity index (χ1v) is 11.0. The zero-order chi connectivity index (χ0) is 16.7. The van der Waals surface area contributed by atoms with E-state index in [1.165, 1.54) is 22.8 Å². The Morgan fingerprint density at radius 3 is 2.65 bits per heavy atom. The number of sulfonamides is 1. The van der Waals surface area contributed by atoms with Crippen molar-refractivity contribution < 1.29 is 16.8 Å². The highest BCUT2D eigenvalue weighted by Gasteiger charge is 2.50. The molecule has 2 fully saturated rings. The van der Waals surface area contributed by atoms with Crippen molar-refractivity contribution in [1.82, 2.24) is 14.2 Å². The monoisotopic (exact) mass is 359 g/mol. The summed E-state index contributed by atoms with van der Waals surface area (Å²) in [6, 6.07) is 2.31. The summed E-state index contributed by atoms with van der Waals surface area (Å²) in [4.78, 5) is 6.10. The van der Waals surface area contributed by atoms with Crippen LogP contribution in [0.3, 0.4) is 0 Å². The molecule has 3 heterocycles. The molecule has 0 N–H and O–H groups in total. The Bertz CT molecular complexity index is 764. The predicted molar refractivity (Wildman–Crippen MR) is 86.2 cm³/mol. The van der Waals surface area contributed by atoms with Gasteiger partial charge in [-0.2, -0.15) is 4.31 Å². The Hall–Kier alpha value is -1.03. The van der Waals surface area contributed by atoms with Crippen molar-refractivity contribution in [3.63, 3.8) is 0 Å². The van der Waals surface area contributed by atoms with Gasteiger partial charge in [-0.25, -0.2) is 16.8 Å². The largest absolute Gasteiger partial charge is 0.296 e. The normalized spacial score (nSPS) is 28.6. The second kappa shape index (κ2) is 6.12. The molecule has 9 heteroatoms. The number of fused-ring (bicyclic) bond motifs is 1. The summed E-state index contributed by atoms with van der Waals surface area (Å²) in [5, 5.41) is 0. The van der Waals surface area contributed by atoms with Gasteiger partial charge in [0.2, 0.25) is 10.0 Å². The van der Waals surface area contributed by atoms with Crippen LogP contribution in [0, 0.1) is 0 Å². The van der Waals surface area contributed by atoms with E-state index in [0.717, 1.165) is 13.0 Å². The third kappa shape index (κ3) is 3.15. The van der Waals surface area contributed by atoms with E-state index in [9.17, 15) is 16.8 Å². The van der Waals surface area contributed by atoms with Crippen molar-refractivity contribution in [2.45, 2.75) is 30.3 Å². The van der Waals surface area contributed by atoms with E-state index in [2.05, 4.69) is 9.88 Å². The zero-order valence-electron chi connectivity index (χ0n) is 13.0. The molecule has 23 heavy (non-hydrogen) atoms. The molecule has 7 nitrogen and oxygen atoms in total. The van der Waals surface area contributed by atoms with Gasteiger partial charge in [0.15, 0.2) is 9.84 Å². The van der Waals surface area contributed by atoms with Crippen LogP contribution in [-0.4, -0.2) is 74.2 Å². The van der Waals surface area contributed by atoms with Gasteiger partial charge in [0.05, 0.1) is 17.5 Å². The average Bonchev–Trinajstić information content (AvgIpc) is 2.83. The van der Waals surface area contributed by atoms with Gasteiger partial charge in [-0.1, -0.05) is 6.92 Å². The molecule has 2 aliphatic rings. The Balaban J connectivity index is 1.95. The number of piperazine rings is 1. The van der Waals surface area contributed by atoms with Gasteiger partial charge in [-0.3, -0.25) is 9.88 Å². The Morgan fingerprint density at radius 2 is 2.00 bits per heavy atom. The van der Waals surface area contributed by atoms with E-state index in [-0.39, 0.29) is 22.4 Å². The van der Waals surface area contributed by atoms with Gasteiger partial charge >= 0.3 is 0 Å². The van der Waals surface area contributed by atoms with Crippen molar-refractivity contribution in [2.75, 3.05) is 31.1 Å². The molecular weight excluding hydrogens is 338 g/mol. The molecule has 2 atom stereocenters. The molecule has 0 unspecified atom stereocenters. The zero-order valence-corrected chi connectivity index (χ0v) is 14.6. The second-order valence-electron chi connectivity index (χ2n) is 6.05. The molecule has 0 aromatic carbocycles. The highest BCUT2D eigenvalue weighted by Crippen LogP contribution is 2.31. The van der Waals surface area contributed by atoms with Crippen molar-refractivity contribution in [1.29, 1.82) is 0 Å². The number of nitrogens with zero attached hydrogens (tertiary/aromatic N) is 3. The van der Waals surface area contributed by atoms with Gasteiger partial charge in [-0.05, 0) is 25.1 Å². The van der Waals surface area contributed by atoms with Crippen molar-refractivity contribution >= 4 is 19.9 Å². The lowest BCUT2D eigenvalue weighted by Crippen LogP contribution is -2.60. The van der Waals surface area contributed by atoms with E-state index in [1.54, 1.807) is 6.07 Å². The maximum Gasteiger partial charge on any atom is 0.244 e. The summed E-state index contributed by atoms with van der Waals surface area (Å²) in [7, 11) is -6.94. The molecule has 0 spiro atoms. The van der Waals surface area contributed by atoms with Crippen molar-refractivity contribution in [3.8, 4) is 0 Å². The van der Waals surface area contributed by atoms with E-state index >= 15 is 0 Å². The topological polar surface area (TPSA) is 87.7 Å². The maximum atomic E-state index is 12.9. The lowest BCUT2D eigenvalue weighted by Gasteiger charge is -2.42. The summed E-state index contributed by atoms with van der Waals surface area (Å²) in [5.41, 5.74) is 0. The van der Waals surface area contributed by atoms with Gasteiger partial charge in [0.25, 0.3) is 0 Å². The smallest absolute Gasteiger partial charge is 0.244 e. The number of sulfone groups is 1. The molecule has 0 aliphatic carbocycles. The molecule has 128 valence electrons. The molecule has 2 aliphatic heterocycles. The first-order chi connectivity index (χ1) is 10.8. The van der Waals surface area contributed by atoms with Gasteiger partial charge in [0.1, 0.15) is 4.90 Å². The minimum absolute atomic E-state index is 0.0384. The molecule has 0 bridgehead atoms. The van der Waals surface area contributed by atoms with Gasteiger partial charge < -0.3 is 0 Å². The maximum absolute atomic E-state index is 12.9. The van der Waals surface area contributed by atoms with E-state index in [0.29, 0.717) is 13.1 Å². The number of hydrogen-bond acceptors (Lipinski definition) is 6. The Kier molecular flexibility index (Phi) is 4.47. The fraction of sp³-hybridized carbons (Fsp3) is 0.643. The van der Waals surface area contributed by atoms with E-state index in [1.807, 2.05) is 6.92 Å². The molecule has 3 rings (SSSR count). The Labute approximate surface area is 137 Å². The Morgan fingerprint density at radius 1 is 1.26 bits per heavy atom. The van der Waals surface area contributed by atoms with Crippen LogP contribution in [0.5, 0.6) is 0 Å². The quantitative estimate of drug-likeness (QED) is 0.750. The van der Waals surface area contributed by atoms with E-state index in [4.69, 9.17) is 0 Å². The van der Waals surface area contributed by atoms with Crippen LogP contribution in [0.1, 0.15) is 13.3 Å². The van der Waals surface area contributed by atoms with Crippen LogP contribution < -0.4 is 0 Å². The van der Waals surface area contributed by atoms with Crippen LogP contribution in [-0.2, 0) is 19.9 Å². The fourth-order valence-corrected chi connectivity index (χ4v) is 7.21. The number of hydrogen-bond donors (Lipinski definition) is 0. The molecule has 0 saturated carbocycles. The first-order valence-electron chi connectivity index (χ1n) is 7.71. The summed E-state index contributed by atoms with van der Waals surface area (Å²) in [6.07, 6.45) is 3.74. The predicted octanol–water partition coefficient (Wildman–Crippen LogP) is -0.0365. The summed E-state index contributed by atoms with van der Waals surface area (Å²) in [6.45, 7) is 3.70. The van der Waals surface area contributed by atoms with Crippen LogP contribution in [0.2, 0.25) is 0 Å². The molecule has 0 amide bonds. The number of pyridine rings is 1. The van der Waals surface area contributed by atoms with Crippen LogP contribution in [0.4, 0.5) is 0 Å². The lowest BCUT2D eigenvalue weighted by molar-refractivity contribution is 0.0957. The minimum Gasteiger partial charge on any atom is -0.296 e. The van der Waals surface area contributed by atoms with Crippen LogP contribution >= 0.6 is 0 Å². The molecular formula is C14H21N3O4S2. The molecule has 0 radical (unpaired) electrons. The van der Waals surface area contributed by atoms with Gasteiger partial charge in [0, 0.05) is 31.5 Å². The number of rotatable bonds is 4. The third-order valence-corrected chi connectivity index (χ3v) is 8.10. The standard InChI is InChI=1S/C14H21N3O4S2/c1-2-6-16-7-8-17(14-11-22(18,19)10-13(14)16)23(20,21)12-4-3-5-15-9-12/h3-5,9,13-14H,2,6-8,10-11H2,1H3/t13-,14+/m1/s1. The second-order valence-corrected chi connectivity index (χ2v) is 10.1. The molecule has 1 aromatic rings. The minimum atomic E-state index is -3.73. The summed E-state index contributed by atoms with van der Waals surface area (Å²) >= 11 is 0. The highest BCUT2D eigenvalue weighted by molar-refractivity contribution is 7.92. The van der Waals surface area contributed by atoms with Gasteiger partial charge in [-0.15, -0.1) is 0 Å². The first kappa shape index (κ1) is 16.8. The van der Waals surface area contributed by atoms with Crippen LogP contribution in [0.15, 0.2) is 29.4 Å². The average molecular weight is 359 g/mol.